The summed E-state index contributed by atoms with van der Waals surface area (Å²) in [6.45, 7) is 3.98. The fourth-order valence-corrected chi connectivity index (χ4v) is 1.99. The smallest absolute Gasteiger partial charge is 0.166 e. The minimum Gasteiger partial charge on any atom is -0.461 e. The van der Waals surface area contributed by atoms with E-state index in [1.54, 1.807) is 6.26 Å². The molecule has 0 aliphatic rings. The molecule has 0 bridgehead atoms. The van der Waals surface area contributed by atoms with Gasteiger partial charge in [-0.3, -0.25) is 0 Å². The highest BCUT2D eigenvalue weighted by Gasteiger charge is 2.15. The molecule has 0 amide bonds. The van der Waals surface area contributed by atoms with Gasteiger partial charge in [-0.2, -0.15) is 0 Å². The zero-order valence-corrected chi connectivity index (χ0v) is 11.4. The van der Waals surface area contributed by atoms with E-state index >= 15 is 0 Å². The molecule has 2 aromatic rings. The van der Waals surface area contributed by atoms with Crippen LogP contribution < -0.4 is 5.73 Å². The maximum absolute atomic E-state index is 5.90. The molecule has 5 heteroatoms. The van der Waals surface area contributed by atoms with Crippen molar-refractivity contribution < 1.29 is 4.42 Å². The normalized spacial score (nSPS) is 10.8. The summed E-state index contributed by atoms with van der Waals surface area (Å²) in [6.07, 6.45) is 3.42. The Hall–Kier alpha value is -1.36. The lowest BCUT2D eigenvalue weighted by Crippen LogP contribution is -2.04. The Labute approximate surface area is 108 Å². The summed E-state index contributed by atoms with van der Waals surface area (Å²) in [4.78, 5) is 8.78. The Bertz CT molecular complexity index is 537. The van der Waals surface area contributed by atoms with Gasteiger partial charge in [0.2, 0.25) is 0 Å². The highest BCUT2D eigenvalue weighted by molar-refractivity contribution is 9.10. The van der Waals surface area contributed by atoms with Crippen LogP contribution in [0.1, 0.15) is 24.7 Å². The lowest BCUT2D eigenvalue weighted by molar-refractivity contribution is 0.577. The number of halogens is 1. The number of aromatic nitrogens is 2. The summed E-state index contributed by atoms with van der Waals surface area (Å²) in [5, 5.41) is 0. The maximum Gasteiger partial charge on any atom is 0.166 e. The molecule has 2 N–H and O–H groups in total. The first-order valence-corrected chi connectivity index (χ1v) is 6.29. The molecule has 90 valence electrons. The van der Waals surface area contributed by atoms with Gasteiger partial charge in [-0.1, -0.05) is 6.92 Å². The summed E-state index contributed by atoms with van der Waals surface area (Å²) in [5.41, 5.74) is 7.51. The van der Waals surface area contributed by atoms with Crippen molar-refractivity contribution in [1.29, 1.82) is 0 Å². The summed E-state index contributed by atoms with van der Waals surface area (Å²) in [5.74, 6) is 1.98. The molecule has 2 heterocycles. The lowest BCUT2D eigenvalue weighted by Gasteiger charge is -2.08. The van der Waals surface area contributed by atoms with Crippen LogP contribution in [0.25, 0.3) is 11.5 Å². The Kier molecular flexibility index (Phi) is 3.47. The monoisotopic (exact) mass is 295 g/mol. The van der Waals surface area contributed by atoms with Crippen LogP contribution in [-0.4, -0.2) is 9.97 Å². The van der Waals surface area contributed by atoms with Crippen molar-refractivity contribution in [2.45, 2.75) is 26.7 Å². The molecule has 0 unspecified atom stereocenters. The van der Waals surface area contributed by atoms with Crippen molar-refractivity contribution in [2.24, 2.45) is 0 Å². The van der Waals surface area contributed by atoms with Gasteiger partial charge in [0, 0.05) is 12.0 Å². The fraction of sp³-hybridized carbons (Fsp3) is 0.333. The second-order valence-corrected chi connectivity index (χ2v) is 4.70. The SMILES string of the molecule is CCCc1nc(N)c(C)c(-c2occc2Br)n1. The van der Waals surface area contributed by atoms with Gasteiger partial charge in [0.1, 0.15) is 17.3 Å². The van der Waals surface area contributed by atoms with Crippen LogP contribution in [0.2, 0.25) is 0 Å². The van der Waals surface area contributed by atoms with Gasteiger partial charge in [-0.05, 0) is 35.3 Å². The molecule has 0 saturated carbocycles. The molecule has 4 nitrogen and oxygen atoms in total. The van der Waals surface area contributed by atoms with Crippen molar-refractivity contribution in [3.63, 3.8) is 0 Å². The van der Waals surface area contributed by atoms with E-state index in [1.165, 1.54) is 0 Å². The van der Waals surface area contributed by atoms with E-state index in [-0.39, 0.29) is 0 Å². The first-order chi connectivity index (χ1) is 8.13. The number of furan rings is 1. The summed E-state index contributed by atoms with van der Waals surface area (Å²) >= 11 is 3.43. The van der Waals surface area contributed by atoms with E-state index in [9.17, 15) is 0 Å². The minimum atomic E-state index is 0.516. The van der Waals surface area contributed by atoms with E-state index in [0.29, 0.717) is 11.6 Å². The lowest BCUT2D eigenvalue weighted by atomic mass is 10.2. The minimum absolute atomic E-state index is 0.516. The van der Waals surface area contributed by atoms with Crippen LogP contribution in [0, 0.1) is 6.92 Å². The average molecular weight is 296 g/mol. The molecule has 17 heavy (non-hydrogen) atoms. The molecule has 0 aliphatic heterocycles. The molecule has 0 aromatic carbocycles. The molecule has 0 aliphatic carbocycles. The van der Waals surface area contributed by atoms with Crippen LogP contribution in [0.4, 0.5) is 5.82 Å². The predicted octanol–water partition coefficient (Wildman–Crippen LogP) is 3.34. The molecule has 2 aromatic heterocycles. The number of anilines is 1. The molecule has 0 saturated heterocycles. The van der Waals surface area contributed by atoms with Crippen molar-refractivity contribution in [3.05, 3.63) is 28.2 Å². The average Bonchev–Trinajstić information content (AvgIpc) is 2.70. The first kappa shape index (κ1) is 12.1. The Morgan fingerprint density at radius 3 is 2.76 bits per heavy atom. The van der Waals surface area contributed by atoms with Gasteiger partial charge in [-0.25, -0.2) is 9.97 Å². The predicted molar refractivity (Wildman–Crippen MR) is 70.6 cm³/mol. The standard InChI is InChI=1S/C12H14BrN3O/c1-3-4-9-15-10(7(2)12(14)16-9)11-8(13)5-6-17-11/h5-6H,3-4H2,1-2H3,(H2,14,15,16). The van der Waals surface area contributed by atoms with Crippen molar-refractivity contribution >= 4 is 21.7 Å². The summed E-state index contributed by atoms with van der Waals surface area (Å²) in [7, 11) is 0. The zero-order chi connectivity index (χ0) is 12.4. The third-order valence-electron chi connectivity index (χ3n) is 2.54. The fourth-order valence-electron chi connectivity index (χ4n) is 1.60. The second-order valence-electron chi connectivity index (χ2n) is 3.85. The third kappa shape index (κ3) is 2.34. The summed E-state index contributed by atoms with van der Waals surface area (Å²) in [6, 6.07) is 1.84. The van der Waals surface area contributed by atoms with Gasteiger partial charge in [0.25, 0.3) is 0 Å². The molecule has 0 radical (unpaired) electrons. The van der Waals surface area contributed by atoms with Crippen molar-refractivity contribution in [3.8, 4) is 11.5 Å². The number of rotatable bonds is 3. The maximum atomic E-state index is 5.90. The van der Waals surface area contributed by atoms with Gasteiger partial charge < -0.3 is 10.2 Å². The topological polar surface area (TPSA) is 64.9 Å². The number of nitrogens with zero attached hydrogens (tertiary/aromatic N) is 2. The van der Waals surface area contributed by atoms with Gasteiger partial charge in [0.15, 0.2) is 5.76 Å². The highest BCUT2D eigenvalue weighted by Crippen LogP contribution is 2.31. The number of aryl methyl sites for hydroxylation is 1. The van der Waals surface area contributed by atoms with E-state index < -0.39 is 0 Å². The second kappa shape index (κ2) is 4.87. The largest absolute Gasteiger partial charge is 0.461 e. The Balaban J connectivity index is 2.56. The van der Waals surface area contributed by atoms with Crippen LogP contribution in [0.3, 0.4) is 0 Å². The summed E-state index contributed by atoms with van der Waals surface area (Å²) < 4.78 is 6.30. The van der Waals surface area contributed by atoms with E-state index in [2.05, 4.69) is 32.8 Å². The Morgan fingerprint density at radius 1 is 1.41 bits per heavy atom. The third-order valence-corrected chi connectivity index (χ3v) is 3.16. The first-order valence-electron chi connectivity index (χ1n) is 5.49. The van der Waals surface area contributed by atoms with Crippen LogP contribution in [-0.2, 0) is 6.42 Å². The highest BCUT2D eigenvalue weighted by atomic mass is 79.9. The van der Waals surface area contributed by atoms with E-state index in [1.807, 2.05) is 13.0 Å². The van der Waals surface area contributed by atoms with Gasteiger partial charge >= 0.3 is 0 Å². The Morgan fingerprint density at radius 2 is 2.18 bits per heavy atom. The quantitative estimate of drug-likeness (QED) is 0.943. The van der Waals surface area contributed by atoms with Gasteiger partial charge in [0.05, 0.1) is 10.7 Å². The molecule has 0 atom stereocenters. The van der Waals surface area contributed by atoms with E-state index in [4.69, 9.17) is 10.2 Å². The van der Waals surface area contributed by atoms with Crippen molar-refractivity contribution in [2.75, 3.05) is 5.73 Å². The van der Waals surface area contributed by atoms with Crippen molar-refractivity contribution in [1.82, 2.24) is 9.97 Å². The van der Waals surface area contributed by atoms with Crippen LogP contribution >= 0.6 is 15.9 Å². The number of hydrogen-bond donors (Lipinski definition) is 1. The van der Waals surface area contributed by atoms with Gasteiger partial charge in [-0.15, -0.1) is 0 Å². The number of nitrogens with two attached hydrogens (primary N) is 1. The molecule has 0 fully saturated rings. The molecular weight excluding hydrogens is 282 g/mol. The molecule has 2 rings (SSSR count). The number of hydrogen-bond acceptors (Lipinski definition) is 4. The van der Waals surface area contributed by atoms with Crippen LogP contribution in [0.5, 0.6) is 0 Å². The number of nitrogen functional groups attached to an aromatic ring is 1. The van der Waals surface area contributed by atoms with E-state index in [0.717, 1.165) is 34.4 Å². The molecule has 0 spiro atoms. The molecular formula is C12H14BrN3O. The zero-order valence-electron chi connectivity index (χ0n) is 9.83. The van der Waals surface area contributed by atoms with Crippen LogP contribution in [0.15, 0.2) is 21.2 Å².